The molecule has 1 aromatic heterocycles. The van der Waals surface area contributed by atoms with Crippen molar-refractivity contribution >= 4 is 22.5 Å². The first kappa shape index (κ1) is 19.8. The van der Waals surface area contributed by atoms with Crippen LogP contribution >= 0.6 is 0 Å². The van der Waals surface area contributed by atoms with Gasteiger partial charge in [-0.15, -0.1) is 0 Å². The third kappa shape index (κ3) is 4.15. The van der Waals surface area contributed by atoms with Crippen molar-refractivity contribution in [3.63, 3.8) is 0 Å². The molecule has 1 amide bonds. The Morgan fingerprint density at radius 3 is 2.50 bits per heavy atom. The zero-order valence-corrected chi connectivity index (χ0v) is 17.0. The van der Waals surface area contributed by atoms with Crippen LogP contribution < -0.4 is 10.6 Å². The number of amides is 1. The molecule has 2 aromatic carbocycles. The van der Waals surface area contributed by atoms with E-state index in [0.29, 0.717) is 5.69 Å². The molecule has 3 aromatic rings. The molecule has 1 atom stereocenters. The van der Waals surface area contributed by atoms with Crippen LogP contribution in [0, 0.1) is 6.92 Å². The topological polar surface area (TPSA) is 74.2 Å². The van der Waals surface area contributed by atoms with E-state index in [1.54, 1.807) is 19.9 Å². The number of anilines is 1. The van der Waals surface area contributed by atoms with E-state index in [4.69, 9.17) is 0 Å². The van der Waals surface area contributed by atoms with Gasteiger partial charge in [0.2, 0.25) is 0 Å². The van der Waals surface area contributed by atoms with E-state index in [1.165, 1.54) is 0 Å². The fourth-order valence-electron chi connectivity index (χ4n) is 3.22. The second-order valence-corrected chi connectivity index (χ2v) is 7.68. The molecule has 0 aliphatic heterocycles. The molecule has 0 saturated heterocycles. The lowest BCUT2D eigenvalue weighted by Gasteiger charge is -2.18. The number of nitrogens with one attached hydrogen (secondary N) is 2. The average Bonchev–Trinajstić information content (AvgIpc) is 2.66. The first-order chi connectivity index (χ1) is 13.2. The highest BCUT2D eigenvalue weighted by atomic mass is 16.3. The Balaban J connectivity index is 1.80. The van der Waals surface area contributed by atoms with Gasteiger partial charge in [-0.1, -0.05) is 24.3 Å². The van der Waals surface area contributed by atoms with Crippen molar-refractivity contribution < 1.29 is 9.90 Å². The standard InChI is InChI=1S/C23H27N3O2/c1-14-12-16(6-9-19(14)24-5)15(2)25-22(27)21-10-7-17-13-18(23(3,4)28)8-11-20(17)26-21/h6-13,15,24,28H,1-5H3,(H,25,27). The van der Waals surface area contributed by atoms with Gasteiger partial charge in [-0.2, -0.15) is 0 Å². The lowest BCUT2D eigenvalue weighted by atomic mass is 9.97. The van der Waals surface area contributed by atoms with Crippen LogP contribution in [-0.4, -0.2) is 23.0 Å². The van der Waals surface area contributed by atoms with E-state index in [2.05, 4.69) is 21.7 Å². The van der Waals surface area contributed by atoms with Crippen LogP contribution in [0.15, 0.2) is 48.5 Å². The van der Waals surface area contributed by atoms with E-state index in [1.807, 2.05) is 57.3 Å². The van der Waals surface area contributed by atoms with Gasteiger partial charge in [0.05, 0.1) is 17.2 Å². The Labute approximate surface area is 165 Å². The smallest absolute Gasteiger partial charge is 0.270 e. The third-order valence-corrected chi connectivity index (χ3v) is 5.00. The van der Waals surface area contributed by atoms with Crippen molar-refractivity contribution in [1.82, 2.24) is 10.3 Å². The van der Waals surface area contributed by atoms with Crippen LogP contribution in [0.1, 0.15) is 54.0 Å². The number of carbonyl (C=O) groups is 1. The van der Waals surface area contributed by atoms with E-state index < -0.39 is 5.60 Å². The summed E-state index contributed by atoms with van der Waals surface area (Å²) in [4.78, 5) is 17.2. The first-order valence-corrected chi connectivity index (χ1v) is 9.42. The quantitative estimate of drug-likeness (QED) is 0.620. The zero-order chi connectivity index (χ0) is 20.5. The predicted octanol–water partition coefficient (Wildman–Crippen LogP) is 4.30. The van der Waals surface area contributed by atoms with Crippen molar-refractivity contribution in [1.29, 1.82) is 0 Å². The Bertz CT molecular complexity index is 1020. The molecule has 3 N–H and O–H groups in total. The van der Waals surface area contributed by atoms with Crippen molar-refractivity contribution in [3.8, 4) is 0 Å². The van der Waals surface area contributed by atoms with Gasteiger partial charge in [0, 0.05) is 18.1 Å². The molecule has 5 nitrogen and oxygen atoms in total. The highest BCUT2D eigenvalue weighted by molar-refractivity contribution is 5.95. The van der Waals surface area contributed by atoms with Gasteiger partial charge in [-0.3, -0.25) is 4.79 Å². The number of hydrogen-bond donors (Lipinski definition) is 3. The Morgan fingerprint density at radius 1 is 1.11 bits per heavy atom. The summed E-state index contributed by atoms with van der Waals surface area (Å²) in [6.45, 7) is 7.49. The molecule has 0 aliphatic carbocycles. The summed E-state index contributed by atoms with van der Waals surface area (Å²) in [6, 6.07) is 15.1. The fraction of sp³-hybridized carbons (Fsp3) is 0.304. The summed E-state index contributed by atoms with van der Waals surface area (Å²) in [6.07, 6.45) is 0. The first-order valence-electron chi connectivity index (χ1n) is 9.42. The van der Waals surface area contributed by atoms with Crippen LogP contribution in [0.2, 0.25) is 0 Å². The van der Waals surface area contributed by atoms with E-state index in [0.717, 1.165) is 33.3 Å². The van der Waals surface area contributed by atoms with Crippen LogP contribution in [-0.2, 0) is 5.60 Å². The number of aromatic nitrogens is 1. The Morgan fingerprint density at radius 2 is 1.86 bits per heavy atom. The largest absolute Gasteiger partial charge is 0.388 e. The Hall–Kier alpha value is -2.92. The zero-order valence-electron chi connectivity index (χ0n) is 17.0. The van der Waals surface area contributed by atoms with E-state index in [9.17, 15) is 9.90 Å². The van der Waals surface area contributed by atoms with Gasteiger partial charge >= 0.3 is 0 Å². The molecule has 0 fully saturated rings. The normalized spacial score (nSPS) is 12.6. The molecule has 3 rings (SSSR count). The molecule has 28 heavy (non-hydrogen) atoms. The maximum atomic E-state index is 12.7. The average molecular weight is 377 g/mol. The van der Waals surface area contributed by atoms with Crippen LogP contribution in [0.4, 0.5) is 5.69 Å². The van der Waals surface area contributed by atoms with Gasteiger partial charge in [0.15, 0.2) is 0 Å². The molecule has 0 radical (unpaired) electrons. The number of rotatable bonds is 5. The van der Waals surface area contributed by atoms with Gasteiger partial charge in [0.1, 0.15) is 5.69 Å². The van der Waals surface area contributed by atoms with Crippen molar-refractivity contribution in [2.45, 2.75) is 39.3 Å². The minimum absolute atomic E-state index is 0.132. The van der Waals surface area contributed by atoms with Gasteiger partial charge in [-0.25, -0.2) is 4.98 Å². The molecule has 0 spiro atoms. The van der Waals surface area contributed by atoms with Gasteiger partial charge in [0.25, 0.3) is 5.91 Å². The molecule has 0 saturated carbocycles. The molecule has 1 heterocycles. The molecule has 5 heteroatoms. The number of benzene rings is 2. The summed E-state index contributed by atoms with van der Waals surface area (Å²) in [5.74, 6) is -0.212. The summed E-state index contributed by atoms with van der Waals surface area (Å²) in [7, 11) is 1.89. The monoisotopic (exact) mass is 377 g/mol. The predicted molar refractivity (Wildman–Crippen MR) is 114 cm³/mol. The lowest BCUT2D eigenvalue weighted by molar-refractivity contribution is 0.0787. The number of aryl methyl sites for hydroxylation is 1. The maximum absolute atomic E-state index is 12.7. The fourth-order valence-corrected chi connectivity index (χ4v) is 3.22. The molecule has 146 valence electrons. The third-order valence-electron chi connectivity index (χ3n) is 5.00. The van der Waals surface area contributed by atoms with E-state index >= 15 is 0 Å². The molecule has 0 aliphatic rings. The van der Waals surface area contributed by atoms with Gasteiger partial charge < -0.3 is 15.7 Å². The van der Waals surface area contributed by atoms with Crippen LogP contribution in [0.5, 0.6) is 0 Å². The van der Waals surface area contributed by atoms with Crippen molar-refractivity contribution in [2.24, 2.45) is 0 Å². The molecular weight excluding hydrogens is 350 g/mol. The Kier molecular flexibility index (Phi) is 5.38. The summed E-state index contributed by atoms with van der Waals surface area (Å²) >= 11 is 0. The van der Waals surface area contributed by atoms with Crippen molar-refractivity contribution in [3.05, 3.63) is 70.9 Å². The number of aliphatic hydroxyl groups is 1. The molecule has 1 unspecified atom stereocenters. The minimum atomic E-state index is -0.916. The number of nitrogens with zero attached hydrogens (tertiary/aromatic N) is 1. The molecule has 0 bridgehead atoms. The maximum Gasteiger partial charge on any atom is 0.270 e. The highest BCUT2D eigenvalue weighted by Crippen LogP contribution is 2.24. The van der Waals surface area contributed by atoms with Crippen LogP contribution in [0.3, 0.4) is 0 Å². The number of carbonyl (C=O) groups excluding carboxylic acids is 1. The number of hydrogen-bond acceptors (Lipinski definition) is 4. The van der Waals surface area contributed by atoms with Crippen LogP contribution in [0.25, 0.3) is 10.9 Å². The summed E-state index contributed by atoms with van der Waals surface area (Å²) < 4.78 is 0. The number of pyridine rings is 1. The van der Waals surface area contributed by atoms with Crippen molar-refractivity contribution in [2.75, 3.05) is 12.4 Å². The SMILES string of the molecule is CNc1ccc(C(C)NC(=O)c2ccc3cc(C(C)(C)O)ccc3n2)cc1C. The second-order valence-electron chi connectivity index (χ2n) is 7.68. The highest BCUT2D eigenvalue weighted by Gasteiger charge is 2.17. The number of fused-ring (bicyclic) bond motifs is 1. The van der Waals surface area contributed by atoms with E-state index in [-0.39, 0.29) is 11.9 Å². The molecular formula is C23H27N3O2. The summed E-state index contributed by atoms with van der Waals surface area (Å²) in [5, 5.41) is 17.2. The van der Waals surface area contributed by atoms with Gasteiger partial charge in [-0.05, 0) is 68.7 Å². The summed E-state index contributed by atoms with van der Waals surface area (Å²) in [5.41, 5.74) is 4.24. The second kappa shape index (κ2) is 7.60. The lowest BCUT2D eigenvalue weighted by Crippen LogP contribution is -2.27. The minimum Gasteiger partial charge on any atom is -0.388 e.